The molecular weight excluding hydrogens is 342 g/mol. The highest BCUT2D eigenvalue weighted by atomic mass is 16.3. The fraction of sp³-hybridized carbons (Fsp3) is 0.350. The Hall–Kier alpha value is -2.93. The molecule has 1 saturated heterocycles. The minimum absolute atomic E-state index is 0.126. The zero-order chi connectivity index (χ0) is 18.9. The van der Waals surface area contributed by atoms with Gasteiger partial charge in [0.15, 0.2) is 11.6 Å². The number of likely N-dealkylation sites (N-methyl/N-ethyl adjacent to an activating group) is 1. The number of carbonyl (C=O) groups excluding carboxylic acids is 1. The fourth-order valence-electron chi connectivity index (χ4n) is 3.70. The Morgan fingerprint density at radius 2 is 2.11 bits per heavy atom. The maximum absolute atomic E-state index is 11.4. The first-order valence-electron chi connectivity index (χ1n) is 9.31. The normalized spacial score (nSPS) is 20.4. The first kappa shape index (κ1) is 17.5. The van der Waals surface area contributed by atoms with E-state index in [9.17, 15) is 9.90 Å². The van der Waals surface area contributed by atoms with Crippen LogP contribution in [0.5, 0.6) is 0 Å². The quantitative estimate of drug-likeness (QED) is 0.630. The highest BCUT2D eigenvalue weighted by Gasteiger charge is 2.26. The van der Waals surface area contributed by atoms with Gasteiger partial charge in [-0.3, -0.25) is 4.79 Å². The van der Waals surface area contributed by atoms with Crippen LogP contribution in [0.3, 0.4) is 0 Å². The molecule has 7 heteroatoms. The summed E-state index contributed by atoms with van der Waals surface area (Å²) in [5.74, 6) is 0.309. The van der Waals surface area contributed by atoms with E-state index in [1.807, 2.05) is 24.4 Å². The van der Waals surface area contributed by atoms with Gasteiger partial charge in [0.25, 0.3) is 0 Å². The molecule has 3 heterocycles. The van der Waals surface area contributed by atoms with Gasteiger partial charge in [-0.15, -0.1) is 5.10 Å². The third-order valence-corrected chi connectivity index (χ3v) is 5.28. The number of nitrogens with one attached hydrogen (secondary N) is 1. The third-order valence-electron chi connectivity index (χ3n) is 5.28. The molecule has 4 rings (SSSR count). The number of nitrogens with zero attached hydrogens (tertiary/aromatic N) is 4. The second-order valence-corrected chi connectivity index (χ2v) is 7.41. The number of allylic oxidation sites excluding steroid dienone is 3. The van der Waals surface area contributed by atoms with Crippen molar-refractivity contribution in [3.8, 4) is 0 Å². The van der Waals surface area contributed by atoms with Gasteiger partial charge in [-0.1, -0.05) is 6.07 Å². The van der Waals surface area contributed by atoms with Gasteiger partial charge >= 0.3 is 0 Å². The summed E-state index contributed by atoms with van der Waals surface area (Å²) in [5.41, 5.74) is 1.86. The number of rotatable bonds is 5. The Labute approximate surface area is 157 Å². The summed E-state index contributed by atoms with van der Waals surface area (Å²) in [7, 11) is 2.30. The molecule has 0 atom stereocenters. The van der Waals surface area contributed by atoms with Crippen LogP contribution in [0.15, 0.2) is 53.4 Å². The van der Waals surface area contributed by atoms with E-state index in [4.69, 9.17) is 0 Å². The highest BCUT2D eigenvalue weighted by Crippen LogP contribution is 2.31. The SMILES string of the molecule is C[N+]1(CCNc2nn3ccccc3c2N=C2C=CC(=O)C=C2O)CCCC1. The lowest BCUT2D eigenvalue weighted by Crippen LogP contribution is -2.44. The molecule has 7 nitrogen and oxygen atoms in total. The number of aliphatic hydroxyl groups is 1. The van der Waals surface area contributed by atoms with Crippen molar-refractivity contribution in [1.29, 1.82) is 0 Å². The van der Waals surface area contributed by atoms with Crippen molar-refractivity contribution in [3.63, 3.8) is 0 Å². The monoisotopic (exact) mass is 366 g/mol. The third kappa shape index (κ3) is 3.64. The highest BCUT2D eigenvalue weighted by molar-refractivity contribution is 6.19. The van der Waals surface area contributed by atoms with Crippen molar-refractivity contribution in [2.75, 3.05) is 38.5 Å². The number of ketones is 1. The van der Waals surface area contributed by atoms with Crippen LogP contribution in [0.2, 0.25) is 0 Å². The van der Waals surface area contributed by atoms with Crippen LogP contribution in [0.1, 0.15) is 12.8 Å². The largest absolute Gasteiger partial charge is 0.506 e. The van der Waals surface area contributed by atoms with Gasteiger partial charge in [0, 0.05) is 25.1 Å². The molecule has 140 valence electrons. The molecule has 0 amide bonds. The van der Waals surface area contributed by atoms with Crippen LogP contribution in [0.4, 0.5) is 11.5 Å². The molecule has 0 aromatic carbocycles. The molecular formula is C20H24N5O2+. The number of aliphatic imine (C=N–C) groups is 1. The lowest BCUT2D eigenvalue weighted by molar-refractivity contribution is -0.895. The number of hydrogen-bond donors (Lipinski definition) is 2. The lowest BCUT2D eigenvalue weighted by atomic mass is 10.1. The Morgan fingerprint density at radius 1 is 1.30 bits per heavy atom. The molecule has 0 bridgehead atoms. The summed E-state index contributed by atoms with van der Waals surface area (Å²) in [6, 6.07) is 5.77. The topological polar surface area (TPSA) is 79.0 Å². The fourth-order valence-corrected chi connectivity index (χ4v) is 3.70. The summed E-state index contributed by atoms with van der Waals surface area (Å²) in [6.45, 7) is 4.27. The minimum Gasteiger partial charge on any atom is -0.506 e. The van der Waals surface area contributed by atoms with Crippen LogP contribution >= 0.6 is 0 Å². The number of pyridine rings is 1. The van der Waals surface area contributed by atoms with Gasteiger partial charge in [-0.2, -0.15) is 0 Å². The molecule has 0 spiro atoms. The van der Waals surface area contributed by atoms with Crippen LogP contribution in [-0.2, 0) is 4.79 Å². The number of hydrogen-bond acceptors (Lipinski definition) is 5. The van der Waals surface area contributed by atoms with E-state index in [-0.39, 0.29) is 11.5 Å². The molecule has 2 aromatic heterocycles. The average Bonchev–Trinajstić information content (AvgIpc) is 3.22. The molecule has 0 saturated carbocycles. The zero-order valence-corrected chi connectivity index (χ0v) is 15.4. The predicted molar refractivity (Wildman–Crippen MR) is 106 cm³/mol. The molecule has 2 aromatic rings. The molecule has 2 N–H and O–H groups in total. The molecule has 0 unspecified atom stereocenters. The standard InChI is InChI=1S/C20H23N5O2/c1-25(11-4-5-12-25)13-9-21-20-19(17-6-2-3-10-24(17)23-20)22-16-8-7-15(26)14-18(16)27/h2-3,6-8,10,14H,4-5,9,11-13H2,1H3,(H-,21,23,26,27)/p+1. The molecule has 1 aliphatic heterocycles. The van der Waals surface area contributed by atoms with Crippen LogP contribution in [-0.4, -0.2) is 63.9 Å². The summed E-state index contributed by atoms with van der Waals surface area (Å²) in [6.07, 6.45) is 8.56. The van der Waals surface area contributed by atoms with E-state index in [0.29, 0.717) is 17.2 Å². The summed E-state index contributed by atoms with van der Waals surface area (Å²) < 4.78 is 2.85. The zero-order valence-electron chi connectivity index (χ0n) is 15.4. The Bertz CT molecular complexity index is 964. The van der Waals surface area contributed by atoms with Crippen LogP contribution in [0.25, 0.3) is 5.52 Å². The number of carbonyl (C=O) groups is 1. The molecule has 2 aliphatic rings. The van der Waals surface area contributed by atoms with E-state index < -0.39 is 0 Å². The molecule has 1 fully saturated rings. The van der Waals surface area contributed by atoms with E-state index >= 15 is 0 Å². The van der Waals surface area contributed by atoms with Crippen molar-refractivity contribution in [1.82, 2.24) is 9.61 Å². The first-order valence-corrected chi connectivity index (χ1v) is 9.31. The van der Waals surface area contributed by atoms with Gasteiger partial charge in [-0.25, -0.2) is 9.51 Å². The van der Waals surface area contributed by atoms with Gasteiger partial charge in [-0.05, 0) is 24.3 Å². The van der Waals surface area contributed by atoms with E-state index in [2.05, 4.69) is 22.5 Å². The Balaban J connectivity index is 1.62. The van der Waals surface area contributed by atoms with Crippen molar-refractivity contribution in [3.05, 3.63) is 48.4 Å². The second kappa shape index (κ2) is 7.00. The first-order chi connectivity index (χ1) is 13.0. The Kier molecular flexibility index (Phi) is 4.53. The maximum Gasteiger partial charge on any atom is 0.182 e. The van der Waals surface area contributed by atoms with E-state index in [0.717, 1.165) is 23.1 Å². The van der Waals surface area contributed by atoms with Crippen molar-refractivity contribution in [2.45, 2.75) is 12.8 Å². The smallest absolute Gasteiger partial charge is 0.182 e. The van der Waals surface area contributed by atoms with Crippen molar-refractivity contribution < 1.29 is 14.4 Å². The second-order valence-electron chi connectivity index (χ2n) is 7.41. The number of anilines is 1. The maximum atomic E-state index is 11.4. The number of quaternary nitrogens is 1. The van der Waals surface area contributed by atoms with Crippen LogP contribution in [0, 0.1) is 0 Å². The van der Waals surface area contributed by atoms with Crippen molar-refractivity contribution in [2.24, 2.45) is 4.99 Å². The van der Waals surface area contributed by atoms with E-state index in [1.165, 1.54) is 44.2 Å². The predicted octanol–water partition coefficient (Wildman–Crippen LogP) is 2.64. The van der Waals surface area contributed by atoms with Gasteiger partial charge in [0.05, 0.1) is 38.7 Å². The summed E-state index contributed by atoms with van der Waals surface area (Å²) >= 11 is 0. The molecule has 0 radical (unpaired) electrons. The lowest BCUT2D eigenvalue weighted by Gasteiger charge is -2.29. The molecule has 1 aliphatic carbocycles. The number of aliphatic hydroxyl groups excluding tert-OH is 1. The molecule has 27 heavy (non-hydrogen) atoms. The summed E-state index contributed by atoms with van der Waals surface area (Å²) in [4.78, 5) is 16.0. The average molecular weight is 366 g/mol. The summed E-state index contributed by atoms with van der Waals surface area (Å²) in [5, 5.41) is 18.1. The number of fused-ring (bicyclic) bond motifs is 1. The van der Waals surface area contributed by atoms with Crippen LogP contribution < -0.4 is 5.32 Å². The number of aromatic nitrogens is 2. The van der Waals surface area contributed by atoms with Crippen molar-refractivity contribution >= 4 is 28.5 Å². The number of likely N-dealkylation sites (tertiary alicyclic amines) is 1. The van der Waals surface area contributed by atoms with E-state index in [1.54, 1.807) is 4.52 Å². The Morgan fingerprint density at radius 3 is 2.89 bits per heavy atom. The minimum atomic E-state index is -0.243. The van der Waals surface area contributed by atoms with Gasteiger partial charge in [0.2, 0.25) is 0 Å². The van der Waals surface area contributed by atoms with Gasteiger partial charge in [0.1, 0.15) is 17.2 Å². The van der Waals surface area contributed by atoms with Gasteiger partial charge < -0.3 is 14.9 Å².